The van der Waals surface area contributed by atoms with E-state index in [9.17, 15) is 19.8 Å². The molecule has 1 atom stereocenters. The fourth-order valence-corrected chi connectivity index (χ4v) is 2.52. The lowest BCUT2D eigenvalue weighted by Gasteiger charge is -2.21. The van der Waals surface area contributed by atoms with Crippen molar-refractivity contribution >= 4 is 11.9 Å². The minimum atomic E-state index is -1.19. The number of rotatable bonds is 7. The van der Waals surface area contributed by atoms with E-state index in [-0.39, 0.29) is 23.6 Å². The molecule has 0 saturated carbocycles. The highest BCUT2D eigenvalue weighted by molar-refractivity contribution is 5.89. The van der Waals surface area contributed by atoms with Crippen molar-refractivity contribution < 1.29 is 35.3 Å². The average Bonchev–Trinajstić information content (AvgIpc) is 2.57. The molecule has 8 nitrogen and oxygen atoms in total. The summed E-state index contributed by atoms with van der Waals surface area (Å²) in [4.78, 5) is 22.2. The zero-order chi connectivity index (χ0) is 18.4. The topological polar surface area (TPSA) is 144 Å². The van der Waals surface area contributed by atoms with Crippen LogP contribution >= 0.6 is 0 Å². The lowest BCUT2D eigenvalue weighted by molar-refractivity contribution is -0.645. The fourth-order valence-electron chi connectivity index (χ4n) is 2.52. The van der Waals surface area contributed by atoms with Crippen molar-refractivity contribution in [2.24, 2.45) is 0 Å². The maximum Gasteiger partial charge on any atom is 0.351 e. The SMILES string of the molecule is O=C(O)C1=CC(=CC[NH2+]CCc2ccc(O)c(O)c2)CC(C(=O)O)N1. The van der Waals surface area contributed by atoms with Crippen molar-refractivity contribution in [3.05, 3.63) is 47.2 Å². The van der Waals surface area contributed by atoms with Gasteiger partial charge in [0.15, 0.2) is 11.5 Å². The molecule has 0 aliphatic carbocycles. The van der Waals surface area contributed by atoms with Crippen molar-refractivity contribution in [3.63, 3.8) is 0 Å². The first-order valence-corrected chi connectivity index (χ1v) is 7.82. The third kappa shape index (κ3) is 5.25. The smallest absolute Gasteiger partial charge is 0.351 e. The Kier molecular flexibility index (Phi) is 6.02. The van der Waals surface area contributed by atoms with Crippen LogP contribution in [0.1, 0.15) is 12.0 Å². The van der Waals surface area contributed by atoms with E-state index >= 15 is 0 Å². The normalized spacial score (nSPS) is 18.5. The molecule has 1 unspecified atom stereocenters. The summed E-state index contributed by atoms with van der Waals surface area (Å²) in [5.74, 6) is -2.58. The Bertz CT molecular complexity index is 726. The number of phenolic OH excluding ortho intramolecular Hbond substituents is 2. The molecule has 1 aliphatic rings. The Hall–Kier alpha value is -3.00. The number of carboxylic acid groups (broad SMARTS) is 2. The second kappa shape index (κ2) is 8.20. The molecule has 1 aromatic rings. The number of benzene rings is 1. The molecule has 0 spiro atoms. The lowest BCUT2D eigenvalue weighted by atomic mass is 10.00. The molecule has 1 aromatic carbocycles. The van der Waals surface area contributed by atoms with Crippen LogP contribution in [0.3, 0.4) is 0 Å². The van der Waals surface area contributed by atoms with Crippen molar-refractivity contribution in [1.29, 1.82) is 0 Å². The molecule has 7 N–H and O–H groups in total. The third-order valence-corrected chi connectivity index (χ3v) is 3.85. The zero-order valence-corrected chi connectivity index (χ0v) is 13.5. The number of phenols is 2. The van der Waals surface area contributed by atoms with Crippen LogP contribution in [-0.2, 0) is 16.0 Å². The van der Waals surface area contributed by atoms with Crippen LogP contribution in [0.25, 0.3) is 0 Å². The predicted molar refractivity (Wildman–Crippen MR) is 88.1 cm³/mol. The molecule has 2 rings (SSSR count). The number of aliphatic carboxylic acids is 2. The van der Waals surface area contributed by atoms with Gasteiger partial charge in [0, 0.05) is 12.8 Å². The number of hydrogen-bond acceptors (Lipinski definition) is 5. The fraction of sp³-hybridized carbons (Fsp3) is 0.294. The first-order valence-electron chi connectivity index (χ1n) is 7.82. The minimum absolute atomic E-state index is 0.121. The highest BCUT2D eigenvalue weighted by atomic mass is 16.4. The summed E-state index contributed by atoms with van der Waals surface area (Å²) in [6, 6.07) is 3.73. The van der Waals surface area contributed by atoms with E-state index in [0.717, 1.165) is 12.1 Å². The van der Waals surface area contributed by atoms with Gasteiger partial charge in [-0.2, -0.15) is 0 Å². The minimum Gasteiger partial charge on any atom is -0.504 e. The zero-order valence-electron chi connectivity index (χ0n) is 13.5. The van der Waals surface area contributed by atoms with Gasteiger partial charge in [0.25, 0.3) is 0 Å². The second-order valence-electron chi connectivity index (χ2n) is 5.77. The van der Waals surface area contributed by atoms with Crippen molar-refractivity contribution in [1.82, 2.24) is 5.32 Å². The number of allylic oxidation sites excluding steroid dienone is 1. The van der Waals surface area contributed by atoms with Gasteiger partial charge in [-0.25, -0.2) is 9.59 Å². The van der Waals surface area contributed by atoms with Crippen molar-refractivity contribution in [2.75, 3.05) is 13.1 Å². The van der Waals surface area contributed by atoms with Gasteiger partial charge in [-0.05, 0) is 35.4 Å². The number of carbonyl (C=O) groups is 2. The van der Waals surface area contributed by atoms with Gasteiger partial charge in [-0.1, -0.05) is 6.07 Å². The third-order valence-electron chi connectivity index (χ3n) is 3.85. The second-order valence-corrected chi connectivity index (χ2v) is 5.77. The van der Waals surface area contributed by atoms with E-state index < -0.39 is 18.0 Å². The molecule has 0 aromatic heterocycles. The van der Waals surface area contributed by atoms with Crippen LogP contribution in [0.2, 0.25) is 0 Å². The Balaban J connectivity index is 1.87. The largest absolute Gasteiger partial charge is 0.504 e. The highest BCUT2D eigenvalue weighted by Gasteiger charge is 2.26. The number of nitrogens with one attached hydrogen (secondary N) is 1. The van der Waals surface area contributed by atoms with Gasteiger partial charge < -0.3 is 31.1 Å². The van der Waals surface area contributed by atoms with E-state index in [1.807, 2.05) is 11.4 Å². The summed E-state index contributed by atoms with van der Waals surface area (Å²) < 4.78 is 0. The van der Waals surface area contributed by atoms with Gasteiger partial charge >= 0.3 is 11.9 Å². The number of nitrogens with two attached hydrogens (primary N) is 1. The van der Waals surface area contributed by atoms with Crippen LogP contribution in [-0.4, -0.2) is 51.5 Å². The van der Waals surface area contributed by atoms with Gasteiger partial charge in [-0.3, -0.25) is 0 Å². The molecule has 25 heavy (non-hydrogen) atoms. The summed E-state index contributed by atoms with van der Waals surface area (Å²) in [6.45, 7) is 1.30. The van der Waals surface area contributed by atoms with Crippen LogP contribution < -0.4 is 10.6 Å². The van der Waals surface area contributed by atoms with Gasteiger partial charge in [-0.15, -0.1) is 0 Å². The van der Waals surface area contributed by atoms with Crippen LogP contribution in [0, 0.1) is 0 Å². The quantitative estimate of drug-likeness (QED) is 0.289. The maximum absolute atomic E-state index is 11.1. The van der Waals surface area contributed by atoms with Crippen LogP contribution in [0.4, 0.5) is 0 Å². The molecular weight excluding hydrogens is 328 g/mol. The Morgan fingerprint density at radius 1 is 1.24 bits per heavy atom. The number of hydrogen-bond donors (Lipinski definition) is 6. The highest BCUT2D eigenvalue weighted by Crippen LogP contribution is 2.24. The summed E-state index contributed by atoms with van der Waals surface area (Å²) in [6.07, 6.45) is 4.18. The molecule has 0 radical (unpaired) electrons. The molecule has 134 valence electrons. The Morgan fingerprint density at radius 2 is 2.00 bits per heavy atom. The van der Waals surface area contributed by atoms with E-state index in [1.54, 1.807) is 6.07 Å². The molecular formula is C17H21N2O6+. The van der Waals surface area contributed by atoms with Gasteiger partial charge in [0.05, 0.1) is 13.1 Å². The molecule has 8 heteroatoms. The number of carboxylic acids is 2. The van der Waals surface area contributed by atoms with E-state index in [1.165, 1.54) is 18.2 Å². The summed E-state index contributed by atoms with van der Waals surface area (Å²) in [5, 5.41) is 41.3. The van der Waals surface area contributed by atoms with Crippen LogP contribution in [0.5, 0.6) is 11.5 Å². The predicted octanol–water partition coefficient (Wildman–Crippen LogP) is -0.455. The van der Waals surface area contributed by atoms with Gasteiger partial charge in [0.1, 0.15) is 11.7 Å². The summed E-state index contributed by atoms with van der Waals surface area (Å²) >= 11 is 0. The monoisotopic (exact) mass is 349 g/mol. The van der Waals surface area contributed by atoms with Crippen molar-refractivity contribution in [2.45, 2.75) is 18.9 Å². The van der Waals surface area contributed by atoms with Crippen LogP contribution in [0.15, 0.2) is 41.6 Å². The molecule has 1 heterocycles. The van der Waals surface area contributed by atoms with Gasteiger partial charge in [0.2, 0.25) is 0 Å². The maximum atomic E-state index is 11.1. The van der Waals surface area contributed by atoms with Crippen molar-refractivity contribution in [3.8, 4) is 11.5 Å². The molecule has 0 bridgehead atoms. The Labute approximate surface area is 144 Å². The van der Waals surface area contributed by atoms with E-state index in [0.29, 0.717) is 18.5 Å². The van der Waals surface area contributed by atoms with E-state index in [2.05, 4.69) is 5.32 Å². The molecule has 0 amide bonds. The molecule has 0 saturated heterocycles. The first kappa shape index (κ1) is 18.3. The lowest BCUT2D eigenvalue weighted by Crippen LogP contribution is -2.84. The first-order chi connectivity index (χ1) is 11.9. The average molecular weight is 349 g/mol. The summed E-state index contributed by atoms with van der Waals surface area (Å²) in [7, 11) is 0. The Morgan fingerprint density at radius 3 is 2.64 bits per heavy atom. The molecule has 0 fully saturated rings. The summed E-state index contributed by atoms with van der Waals surface area (Å²) in [5.41, 5.74) is 1.44. The number of aromatic hydroxyl groups is 2. The van der Waals surface area contributed by atoms with E-state index in [4.69, 9.17) is 10.2 Å². The standard InChI is InChI=1S/C17H20N2O6/c20-14-2-1-10(9-15(14)21)3-5-18-6-4-11-7-12(16(22)23)19-13(8-11)17(24)25/h1-2,4,7,9,13,18-21H,3,5-6,8H2,(H,22,23)(H,24,25)/p+1. The number of quaternary nitrogens is 1. The molecule has 1 aliphatic heterocycles.